The molecule has 1 aliphatic heterocycles. The molecule has 134 valence electrons. The Balaban J connectivity index is 1.49. The van der Waals surface area contributed by atoms with Crippen molar-refractivity contribution < 1.29 is 23.9 Å². The molecular weight excluding hydrogens is 334 g/mol. The van der Waals surface area contributed by atoms with Gasteiger partial charge in [0.05, 0.1) is 0 Å². The van der Waals surface area contributed by atoms with Crippen LogP contribution in [0, 0.1) is 0 Å². The van der Waals surface area contributed by atoms with Crippen molar-refractivity contribution in [2.45, 2.75) is 19.4 Å². The fraction of sp³-hybridized carbons (Fsp3) is 0.250. The molecule has 0 saturated heterocycles. The van der Waals surface area contributed by atoms with Crippen molar-refractivity contribution in [1.29, 1.82) is 0 Å². The van der Waals surface area contributed by atoms with Gasteiger partial charge in [0.25, 0.3) is 5.91 Å². The first-order valence-corrected chi connectivity index (χ1v) is 8.32. The van der Waals surface area contributed by atoms with Gasteiger partial charge in [-0.2, -0.15) is 0 Å². The van der Waals surface area contributed by atoms with Gasteiger partial charge in [0.15, 0.2) is 13.2 Å². The molecule has 0 unspecified atom stereocenters. The Morgan fingerprint density at radius 1 is 1.12 bits per heavy atom. The SMILES string of the molecule is C[C@H]1Cc2ccccc2N1C(=O)COC(=O)COc1ccc(C=O)cc1. The van der Waals surface area contributed by atoms with Crippen LogP contribution < -0.4 is 9.64 Å². The number of aldehydes is 1. The van der Waals surface area contributed by atoms with Crippen LogP contribution in [0.3, 0.4) is 0 Å². The summed E-state index contributed by atoms with van der Waals surface area (Å²) < 4.78 is 10.3. The Kier molecular flexibility index (Phi) is 5.31. The lowest BCUT2D eigenvalue weighted by Gasteiger charge is -2.22. The topological polar surface area (TPSA) is 72.9 Å². The second-order valence-corrected chi connectivity index (χ2v) is 6.08. The third-order valence-corrected chi connectivity index (χ3v) is 4.21. The predicted molar refractivity (Wildman–Crippen MR) is 95.4 cm³/mol. The molecule has 1 heterocycles. The number of esters is 1. The van der Waals surface area contributed by atoms with E-state index in [1.165, 1.54) is 0 Å². The summed E-state index contributed by atoms with van der Waals surface area (Å²) in [4.78, 5) is 36.5. The maximum atomic E-state index is 12.4. The van der Waals surface area contributed by atoms with Gasteiger partial charge >= 0.3 is 5.97 Å². The van der Waals surface area contributed by atoms with Crippen LogP contribution in [-0.2, 0) is 20.7 Å². The van der Waals surface area contributed by atoms with Crippen LogP contribution in [0.15, 0.2) is 48.5 Å². The average Bonchev–Trinajstić information content (AvgIpc) is 3.00. The van der Waals surface area contributed by atoms with Gasteiger partial charge in [-0.1, -0.05) is 18.2 Å². The summed E-state index contributed by atoms with van der Waals surface area (Å²) in [5, 5.41) is 0. The van der Waals surface area contributed by atoms with Crippen LogP contribution in [0.4, 0.5) is 5.69 Å². The molecule has 0 aliphatic carbocycles. The molecule has 0 N–H and O–H groups in total. The number of anilines is 1. The lowest BCUT2D eigenvalue weighted by Crippen LogP contribution is -2.39. The molecule has 0 spiro atoms. The summed E-state index contributed by atoms with van der Waals surface area (Å²) in [5.41, 5.74) is 2.50. The largest absolute Gasteiger partial charge is 0.482 e. The Labute approximate surface area is 151 Å². The maximum absolute atomic E-state index is 12.4. The van der Waals surface area contributed by atoms with Crippen molar-refractivity contribution in [2.24, 2.45) is 0 Å². The van der Waals surface area contributed by atoms with Crippen molar-refractivity contribution in [3.05, 3.63) is 59.7 Å². The van der Waals surface area contributed by atoms with Crippen LogP contribution in [0.5, 0.6) is 5.75 Å². The van der Waals surface area contributed by atoms with E-state index in [0.717, 1.165) is 24.0 Å². The standard InChI is InChI=1S/C20H19NO5/c1-14-10-16-4-2-3-5-18(16)21(14)19(23)12-26-20(24)13-25-17-8-6-15(11-22)7-9-17/h2-9,11,14H,10,12-13H2,1H3/t14-/m0/s1. The van der Waals surface area contributed by atoms with E-state index in [-0.39, 0.29) is 25.2 Å². The van der Waals surface area contributed by atoms with Gasteiger partial charge in [-0.15, -0.1) is 0 Å². The van der Waals surface area contributed by atoms with Crippen molar-refractivity contribution in [1.82, 2.24) is 0 Å². The van der Waals surface area contributed by atoms with Crippen molar-refractivity contribution in [3.8, 4) is 5.75 Å². The van der Waals surface area contributed by atoms with Crippen molar-refractivity contribution >= 4 is 23.9 Å². The summed E-state index contributed by atoms with van der Waals surface area (Å²) in [6.45, 7) is 1.33. The molecule has 0 bridgehead atoms. The molecule has 6 nitrogen and oxygen atoms in total. The Hall–Kier alpha value is -3.15. The molecule has 2 aromatic carbocycles. The quantitative estimate of drug-likeness (QED) is 0.589. The zero-order valence-electron chi connectivity index (χ0n) is 14.4. The number of hydrogen-bond acceptors (Lipinski definition) is 5. The number of para-hydroxylation sites is 1. The minimum atomic E-state index is -0.627. The Bertz CT molecular complexity index is 815. The van der Waals surface area contributed by atoms with E-state index in [9.17, 15) is 14.4 Å². The van der Waals surface area contributed by atoms with Gasteiger partial charge in [0, 0.05) is 17.3 Å². The van der Waals surface area contributed by atoms with Crippen molar-refractivity contribution in [2.75, 3.05) is 18.1 Å². The van der Waals surface area contributed by atoms with Crippen LogP contribution in [-0.4, -0.2) is 37.4 Å². The number of nitrogens with zero attached hydrogens (tertiary/aromatic N) is 1. The highest BCUT2D eigenvalue weighted by Gasteiger charge is 2.30. The number of fused-ring (bicyclic) bond motifs is 1. The van der Waals surface area contributed by atoms with E-state index in [1.807, 2.05) is 31.2 Å². The first-order valence-electron chi connectivity index (χ1n) is 8.32. The van der Waals surface area contributed by atoms with Crippen LogP contribution in [0.2, 0.25) is 0 Å². The average molecular weight is 353 g/mol. The third-order valence-electron chi connectivity index (χ3n) is 4.21. The first kappa shape index (κ1) is 17.7. The van der Waals surface area contributed by atoms with E-state index in [0.29, 0.717) is 11.3 Å². The number of benzene rings is 2. The number of amides is 1. The molecule has 1 amide bonds. The van der Waals surface area contributed by atoms with Crippen LogP contribution >= 0.6 is 0 Å². The summed E-state index contributed by atoms with van der Waals surface area (Å²) in [6, 6.07) is 14.1. The second kappa shape index (κ2) is 7.82. The molecule has 6 heteroatoms. The van der Waals surface area contributed by atoms with Gasteiger partial charge in [0.1, 0.15) is 12.0 Å². The number of rotatable bonds is 6. The number of hydrogen-bond donors (Lipinski definition) is 0. The Morgan fingerprint density at radius 2 is 1.85 bits per heavy atom. The van der Waals surface area contributed by atoms with Crippen LogP contribution in [0.25, 0.3) is 0 Å². The highest BCUT2D eigenvalue weighted by atomic mass is 16.6. The molecule has 3 rings (SSSR count). The highest BCUT2D eigenvalue weighted by Crippen LogP contribution is 2.31. The van der Waals surface area contributed by atoms with Crippen LogP contribution in [0.1, 0.15) is 22.8 Å². The maximum Gasteiger partial charge on any atom is 0.344 e. The van der Waals surface area contributed by atoms with Crippen molar-refractivity contribution in [3.63, 3.8) is 0 Å². The number of ether oxygens (including phenoxy) is 2. The molecular formula is C20H19NO5. The normalized spacial score (nSPS) is 15.3. The summed E-state index contributed by atoms with van der Waals surface area (Å²) in [7, 11) is 0. The Morgan fingerprint density at radius 3 is 2.58 bits per heavy atom. The van der Waals surface area contributed by atoms with Gasteiger partial charge in [-0.05, 0) is 49.2 Å². The minimum Gasteiger partial charge on any atom is -0.482 e. The lowest BCUT2D eigenvalue weighted by atomic mass is 10.1. The van der Waals surface area contributed by atoms with Gasteiger partial charge in [0.2, 0.25) is 0 Å². The zero-order chi connectivity index (χ0) is 18.5. The van der Waals surface area contributed by atoms with E-state index in [2.05, 4.69) is 0 Å². The van der Waals surface area contributed by atoms with Gasteiger partial charge < -0.3 is 14.4 Å². The lowest BCUT2D eigenvalue weighted by molar-refractivity contribution is -0.149. The number of carbonyl (C=O) groups excluding carboxylic acids is 3. The fourth-order valence-corrected chi connectivity index (χ4v) is 2.98. The second-order valence-electron chi connectivity index (χ2n) is 6.08. The zero-order valence-corrected chi connectivity index (χ0v) is 14.4. The molecule has 0 saturated carbocycles. The third kappa shape index (κ3) is 3.91. The molecule has 26 heavy (non-hydrogen) atoms. The fourth-order valence-electron chi connectivity index (χ4n) is 2.98. The molecule has 0 radical (unpaired) electrons. The summed E-state index contributed by atoms with van der Waals surface area (Å²) in [6.07, 6.45) is 1.51. The summed E-state index contributed by atoms with van der Waals surface area (Å²) in [5.74, 6) is -0.440. The minimum absolute atomic E-state index is 0.0335. The highest BCUT2D eigenvalue weighted by molar-refractivity contribution is 5.97. The molecule has 1 atom stereocenters. The molecule has 1 aliphatic rings. The van der Waals surface area contributed by atoms with Gasteiger partial charge in [-0.25, -0.2) is 4.79 Å². The first-order chi connectivity index (χ1) is 12.6. The van der Waals surface area contributed by atoms with E-state index < -0.39 is 5.97 Å². The van der Waals surface area contributed by atoms with E-state index in [1.54, 1.807) is 29.2 Å². The molecule has 0 fully saturated rings. The molecule has 0 aromatic heterocycles. The molecule has 2 aromatic rings. The monoisotopic (exact) mass is 353 g/mol. The predicted octanol–water partition coefficient (Wildman–Crippen LogP) is 2.40. The van der Waals surface area contributed by atoms with Gasteiger partial charge in [-0.3, -0.25) is 9.59 Å². The van der Waals surface area contributed by atoms with E-state index >= 15 is 0 Å². The number of carbonyl (C=O) groups is 3. The smallest absolute Gasteiger partial charge is 0.344 e. The van der Waals surface area contributed by atoms with E-state index in [4.69, 9.17) is 9.47 Å². The summed E-state index contributed by atoms with van der Waals surface area (Å²) >= 11 is 0.